The van der Waals surface area contributed by atoms with Gasteiger partial charge >= 0.3 is 0 Å². The molecule has 1 N–H and O–H groups in total. The van der Waals surface area contributed by atoms with Crippen LogP contribution in [0.4, 0.5) is 0 Å². The van der Waals surface area contributed by atoms with E-state index in [0.29, 0.717) is 6.04 Å². The van der Waals surface area contributed by atoms with Gasteiger partial charge in [0.2, 0.25) is 0 Å². The molecule has 1 unspecified atom stereocenters. The summed E-state index contributed by atoms with van der Waals surface area (Å²) in [5, 5.41) is 7.74. The number of benzene rings is 1. The summed E-state index contributed by atoms with van der Waals surface area (Å²) in [6, 6.07) is 8.99. The molecule has 4 nitrogen and oxygen atoms in total. The highest BCUT2D eigenvalue weighted by Gasteiger charge is 2.05. The Morgan fingerprint density at radius 3 is 2.61 bits per heavy atom. The molecular formula is C14H20N4. The third-order valence-corrected chi connectivity index (χ3v) is 3.02. The van der Waals surface area contributed by atoms with E-state index >= 15 is 0 Å². The average molecular weight is 244 g/mol. The molecule has 4 heteroatoms. The number of hydrogen-bond acceptors (Lipinski definition) is 3. The Hall–Kier alpha value is -1.68. The molecule has 1 atom stereocenters. The Labute approximate surface area is 108 Å². The van der Waals surface area contributed by atoms with E-state index in [1.54, 1.807) is 11.0 Å². The summed E-state index contributed by atoms with van der Waals surface area (Å²) in [5.41, 5.74) is 2.61. The Kier molecular flexibility index (Phi) is 4.10. The summed E-state index contributed by atoms with van der Waals surface area (Å²) in [6.07, 6.45) is 2.59. The standard InChI is InChI=1S/C14H20N4/c1-11-4-6-13(7-5-11)12(2)15-9-8-14-16-10-18(3)17-14/h4-7,10,12,15H,8-9H2,1-3H3. The van der Waals surface area contributed by atoms with Crippen molar-refractivity contribution in [3.63, 3.8) is 0 Å². The summed E-state index contributed by atoms with van der Waals surface area (Å²) in [5.74, 6) is 0.890. The van der Waals surface area contributed by atoms with Crippen LogP contribution in [0.15, 0.2) is 30.6 Å². The van der Waals surface area contributed by atoms with Crippen LogP contribution < -0.4 is 5.32 Å². The highest BCUT2D eigenvalue weighted by Crippen LogP contribution is 2.12. The first kappa shape index (κ1) is 12.8. The van der Waals surface area contributed by atoms with Gasteiger partial charge in [0, 0.05) is 26.1 Å². The van der Waals surface area contributed by atoms with Crippen molar-refractivity contribution in [3.8, 4) is 0 Å². The van der Waals surface area contributed by atoms with Crippen molar-refractivity contribution in [2.24, 2.45) is 7.05 Å². The molecule has 0 aliphatic rings. The van der Waals surface area contributed by atoms with Crippen molar-refractivity contribution in [2.75, 3.05) is 6.54 Å². The van der Waals surface area contributed by atoms with Crippen LogP contribution in [0.1, 0.15) is 29.9 Å². The number of rotatable bonds is 5. The molecule has 0 aliphatic heterocycles. The van der Waals surface area contributed by atoms with Crippen molar-refractivity contribution in [1.82, 2.24) is 20.1 Å². The fourth-order valence-corrected chi connectivity index (χ4v) is 1.87. The summed E-state index contributed by atoms with van der Waals surface area (Å²) < 4.78 is 1.73. The normalized spacial score (nSPS) is 12.6. The van der Waals surface area contributed by atoms with Gasteiger partial charge in [-0.25, -0.2) is 4.98 Å². The molecule has 0 saturated carbocycles. The van der Waals surface area contributed by atoms with Gasteiger partial charge in [-0.3, -0.25) is 4.68 Å². The van der Waals surface area contributed by atoms with Gasteiger partial charge in [0.05, 0.1) is 0 Å². The van der Waals surface area contributed by atoms with Gasteiger partial charge in [0.25, 0.3) is 0 Å². The zero-order valence-electron chi connectivity index (χ0n) is 11.2. The minimum atomic E-state index is 0.356. The van der Waals surface area contributed by atoms with Crippen molar-refractivity contribution in [1.29, 1.82) is 0 Å². The molecule has 0 fully saturated rings. The molecular weight excluding hydrogens is 224 g/mol. The topological polar surface area (TPSA) is 42.7 Å². The largest absolute Gasteiger partial charge is 0.310 e. The van der Waals surface area contributed by atoms with Crippen molar-refractivity contribution >= 4 is 0 Å². The fraction of sp³-hybridized carbons (Fsp3) is 0.429. The van der Waals surface area contributed by atoms with Crippen LogP contribution in [0, 0.1) is 6.92 Å². The van der Waals surface area contributed by atoms with Crippen LogP contribution in [-0.2, 0) is 13.5 Å². The van der Waals surface area contributed by atoms with E-state index in [1.807, 2.05) is 7.05 Å². The van der Waals surface area contributed by atoms with Gasteiger partial charge in [-0.05, 0) is 19.4 Å². The van der Waals surface area contributed by atoms with Crippen molar-refractivity contribution in [2.45, 2.75) is 26.3 Å². The predicted octanol–water partition coefficient (Wildman–Crippen LogP) is 2.02. The molecule has 96 valence electrons. The maximum atomic E-state index is 4.26. The van der Waals surface area contributed by atoms with Gasteiger partial charge in [0.1, 0.15) is 6.33 Å². The van der Waals surface area contributed by atoms with Crippen molar-refractivity contribution < 1.29 is 0 Å². The molecule has 1 aromatic carbocycles. The van der Waals surface area contributed by atoms with E-state index in [2.05, 4.69) is 53.5 Å². The van der Waals surface area contributed by atoms with Gasteiger partial charge in [0.15, 0.2) is 5.82 Å². The molecule has 0 spiro atoms. The first-order valence-electron chi connectivity index (χ1n) is 6.29. The highest BCUT2D eigenvalue weighted by atomic mass is 15.3. The summed E-state index contributed by atoms with van der Waals surface area (Å²) in [6.45, 7) is 5.17. The second kappa shape index (κ2) is 5.78. The Morgan fingerprint density at radius 1 is 1.28 bits per heavy atom. The van der Waals surface area contributed by atoms with Crippen LogP contribution in [0.25, 0.3) is 0 Å². The maximum absolute atomic E-state index is 4.26. The lowest BCUT2D eigenvalue weighted by atomic mass is 10.1. The maximum Gasteiger partial charge on any atom is 0.151 e. The van der Waals surface area contributed by atoms with E-state index in [1.165, 1.54) is 11.1 Å². The van der Waals surface area contributed by atoms with Crippen LogP contribution in [0.2, 0.25) is 0 Å². The van der Waals surface area contributed by atoms with Crippen LogP contribution in [0.5, 0.6) is 0 Å². The second-order valence-electron chi connectivity index (χ2n) is 4.67. The molecule has 0 bridgehead atoms. The Morgan fingerprint density at radius 2 is 2.00 bits per heavy atom. The van der Waals surface area contributed by atoms with Gasteiger partial charge in [-0.2, -0.15) is 5.10 Å². The van der Waals surface area contributed by atoms with Gasteiger partial charge in [-0.15, -0.1) is 0 Å². The minimum Gasteiger partial charge on any atom is -0.310 e. The van der Waals surface area contributed by atoms with Crippen LogP contribution in [0.3, 0.4) is 0 Å². The molecule has 1 aromatic heterocycles. The monoisotopic (exact) mass is 244 g/mol. The van der Waals surface area contributed by atoms with Gasteiger partial charge < -0.3 is 5.32 Å². The zero-order valence-corrected chi connectivity index (χ0v) is 11.2. The molecule has 2 rings (SSSR count). The second-order valence-corrected chi connectivity index (χ2v) is 4.67. The number of nitrogens with one attached hydrogen (secondary N) is 1. The lowest BCUT2D eigenvalue weighted by Gasteiger charge is -2.13. The molecule has 0 aliphatic carbocycles. The van der Waals surface area contributed by atoms with Gasteiger partial charge in [-0.1, -0.05) is 29.8 Å². The third-order valence-electron chi connectivity index (χ3n) is 3.02. The van der Waals surface area contributed by atoms with Crippen molar-refractivity contribution in [3.05, 3.63) is 47.5 Å². The number of nitrogens with zero attached hydrogens (tertiary/aromatic N) is 3. The number of aromatic nitrogens is 3. The minimum absolute atomic E-state index is 0.356. The van der Waals surface area contributed by atoms with Crippen LogP contribution >= 0.6 is 0 Å². The molecule has 0 radical (unpaired) electrons. The molecule has 2 aromatic rings. The van der Waals surface area contributed by atoms with E-state index < -0.39 is 0 Å². The summed E-state index contributed by atoms with van der Waals surface area (Å²) in [7, 11) is 1.89. The summed E-state index contributed by atoms with van der Waals surface area (Å²) in [4.78, 5) is 4.21. The first-order chi connectivity index (χ1) is 8.65. The SMILES string of the molecule is Cc1ccc(C(C)NCCc2ncn(C)n2)cc1. The van der Waals surface area contributed by atoms with E-state index in [9.17, 15) is 0 Å². The first-order valence-corrected chi connectivity index (χ1v) is 6.29. The highest BCUT2D eigenvalue weighted by molar-refractivity contribution is 5.23. The van der Waals surface area contributed by atoms with E-state index in [4.69, 9.17) is 0 Å². The third kappa shape index (κ3) is 3.40. The number of aryl methyl sites for hydroxylation is 2. The molecule has 0 saturated heterocycles. The lowest BCUT2D eigenvalue weighted by Crippen LogP contribution is -2.21. The molecule has 1 heterocycles. The smallest absolute Gasteiger partial charge is 0.151 e. The summed E-state index contributed by atoms with van der Waals surface area (Å²) >= 11 is 0. The lowest BCUT2D eigenvalue weighted by molar-refractivity contribution is 0.568. The quantitative estimate of drug-likeness (QED) is 0.875. The Balaban J connectivity index is 1.81. The van der Waals surface area contributed by atoms with E-state index in [0.717, 1.165) is 18.8 Å². The predicted molar refractivity (Wildman–Crippen MR) is 72.3 cm³/mol. The average Bonchev–Trinajstić information content (AvgIpc) is 2.76. The molecule has 0 amide bonds. The zero-order chi connectivity index (χ0) is 13.0. The Bertz CT molecular complexity index is 487. The van der Waals surface area contributed by atoms with E-state index in [-0.39, 0.29) is 0 Å². The fourth-order valence-electron chi connectivity index (χ4n) is 1.87. The van der Waals surface area contributed by atoms with Crippen LogP contribution in [-0.4, -0.2) is 21.3 Å². The number of hydrogen-bond donors (Lipinski definition) is 1. The molecule has 18 heavy (non-hydrogen) atoms.